The first-order valence-corrected chi connectivity index (χ1v) is 5.77. The van der Waals surface area contributed by atoms with Crippen LogP contribution in [0.2, 0.25) is 0 Å². The molecule has 19 heavy (non-hydrogen) atoms. The zero-order valence-electron chi connectivity index (χ0n) is 11.4. The molecule has 0 fully saturated rings. The van der Waals surface area contributed by atoms with Gasteiger partial charge in [-0.25, -0.2) is 0 Å². The number of aliphatic hydroxyl groups is 3. The molecule has 7 heteroatoms. The van der Waals surface area contributed by atoms with Crippen LogP contribution in [0.15, 0.2) is 0 Å². The number of carbonyl (C=O) groups excluding carboxylic acids is 2. The lowest BCUT2D eigenvalue weighted by molar-refractivity contribution is -0.149. The van der Waals surface area contributed by atoms with Crippen LogP contribution in [0.1, 0.15) is 27.2 Å². The third kappa shape index (κ3) is 7.00. The minimum atomic E-state index is -1.47. The van der Waals surface area contributed by atoms with Crippen LogP contribution in [-0.4, -0.2) is 57.8 Å². The molecular weight excluding hydrogens is 256 g/mol. The molecule has 0 aliphatic carbocycles. The van der Waals surface area contributed by atoms with E-state index in [0.717, 1.165) is 13.8 Å². The first-order valence-electron chi connectivity index (χ1n) is 5.77. The highest BCUT2D eigenvalue weighted by Crippen LogP contribution is 2.18. The van der Waals surface area contributed by atoms with Gasteiger partial charge < -0.3 is 20.4 Å². The van der Waals surface area contributed by atoms with Crippen molar-refractivity contribution in [3.63, 3.8) is 0 Å². The van der Waals surface area contributed by atoms with Crippen molar-refractivity contribution >= 4 is 17.5 Å². The summed E-state index contributed by atoms with van der Waals surface area (Å²) in [7, 11) is 0. The number of hydrogen-bond donors (Lipinski definition) is 4. The smallest absolute Gasteiger partial charge is 0.321 e. The standard InChI is InChI=1S/C6H8O4.C6H14O3/c1-3(7)5(4(2)8)6(9)10;1-2-6(3-7,4-8)5-9/h5H,1-2H3,(H,9,10);7-9H,2-5H2,1H3. The van der Waals surface area contributed by atoms with E-state index < -0.39 is 28.9 Å². The van der Waals surface area contributed by atoms with Gasteiger partial charge in [0.25, 0.3) is 0 Å². The van der Waals surface area contributed by atoms with Crippen LogP contribution in [0.4, 0.5) is 0 Å². The molecular formula is C12H22O7. The number of Topliss-reactive ketones (excluding diaryl/α,β-unsaturated/α-hetero) is 2. The Morgan fingerprint density at radius 1 is 0.947 bits per heavy atom. The van der Waals surface area contributed by atoms with Crippen molar-refractivity contribution in [2.45, 2.75) is 27.2 Å². The molecule has 0 saturated heterocycles. The zero-order chi connectivity index (χ0) is 15.6. The van der Waals surface area contributed by atoms with Crippen molar-refractivity contribution in [2.24, 2.45) is 11.3 Å². The lowest BCUT2D eigenvalue weighted by Crippen LogP contribution is -2.32. The van der Waals surface area contributed by atoms with Crippen LogP contribution in [0.3, 0.4) is 0 Å². The maximum Gasteiger partial charge on any atom is 0.321 e. The number of carboxylic acids is 1. The Balaban J connectivity index is 0. The number of carboxylic acid groups (broad SMARTS) is 1. The summed E-state index contributed by atoms with van der Waals surface area (Å²) in [5.41, 5.74) is -0.667. The molecule has 7 nitrogen and oxygen atoms in total. The van der Waals surface area contributed by atoms with Gasteiger partial charge in [-0.05, 0) is 20.3 Å². The van der Waals surface area contributed by atoms with Gasteiger partial charge in [0.05, 0.1) is 19.8 Å². The minimum Gasteiger partial charge on any atom is -0.480 e. The van der Waals surface area contributed by atoms with Gasteiger partial charge in [-0.2, -0.15) is 0 Å². The van der Waals surface area contributed by atoms with Gasteiger partial charge in [0.1, 0.15) is 0 Å². The number of rotatable bonds is 7. The van der Waals surface area contributed by atoms with Crippen LogP contribution >= 0.6 is 0 Å². The second-order valence-corrected chi connectivity index (χ2v) is 4.32. The van der Waals surface area contributed by atoms with Gasteiger partial charge in [-0.3, -0.25) is 14.4 Å². The van der Waals surface area contributed by atoms with Gasteiger partial charge in [0.15, 0.2) is 17.5 Å². The van der Waals surface area contributed by atoms with E-state index in [-0.39, 0.29) is 19.8 Å². The highest BCUT2D eigenvalue weighted by Gasteiger charge is 2.27. The quantitative estimate of drug-likeness (QED) is 0.449. The number of aliphatic carboxylic acids is 1. The Morgan fingerprint density at radius 2 is 1.26 bits per heavy atom. The van der Waals surface area contributed by atoms with Crippen LogP contribution in [-0.2, 0) is 14.4 Å². The molecule has 0 spiro atoms. The Hall–Kier alpha value is -1.31. The third-order valence-electron chi connectivity index (χ3n) is 2.82. The molecule has 0 amide bonds. The Morgan fingerprint density at radius 3 is 1.26 bits per heavy atom. The molecule has 0 aliphatic heterocycles. The molecule has 0 rings (SSSR count). The van der Waals surface area contributed by atoms with E-state index in [0.29, 0.717) is 6.42 Å². The van der Waals surface area contributed by atoms with Gasteiger partial charge in [-0.15, -0.1) is 0 Å². The second kappa shape index (κ2) is 9.60. The fourth-order valence-electron chi connectivity index (χ4n) is 1.12. The van der Waals surface area contributed by atoms with Crippen molar-refractivity contribution in [1.82, 2.24) is 0 Å². The van der Waals surface area contributed by atoms with Crippen LogP contribution in [0.25, 0.3) is 0 Å². The van der Waals surface area contributed by atoms with Crippen molar-refractivity contribution in [2.75, 3.05) is 19.8 Å². The fraction of sp³-hybridized carbons (Fsp3) is 0.750. The average Bonchev–Trinajstić information content (AvgIpc) is 2.32. The van der Waals surface area contributed by atoms with Crippen molar-refractivity contribution in [1.29, 1.82) is 0 Å². The summed E-state index contributed by atoms with van der Waals surface area (Å²) in [5, 5.41) is 34.2. The molecule has 0 aromatic carbocycles. The highest BCUT2D eigenvalue weighted by molar-refractivity contribution is 6.15. The third-order valence-corrected chi connectivity index (χ3v) is 2.82. The highest BCUT2D eigenvalue weighted by atomic mass is 16.4. The van der Waals surface area contributed by atoms with Crippen LogP contribution in [0, 0.1) is 11.3 Å². The molecule has 0 heterocycles. The van der Waals surface area contributed by atoms with Gasteiger partial charge >= 0.3 is 5.97 Å². The summed E-state index contributed by atoms with van der Waals surface area (Å²) in [5.74, 6) is -4.10. The van der Waals surface area contributed by atoms with E-state index in [1.54, 1.807) is 0 Å². The van der Waals surface area contributed by atoms with Gasteiger partial charge in [0.2, 0.25) is 0 Å². The Bertz CT molecular complexity index is 256. The monoisotopic (exact) mass is 278 g/mol. The van der Waals surface area contributed by atoms with Gasteiger partial charge in [-0.1, -0.05) is 6.92 Å². The lowest BCUT2D eigenvalue weighted by Gasteiger charge is -2.24. The summed E-state index contributed by atoms with van der Waals surface area (Å²) < 4.78 is 0. The van der Waals surface area contributed by atoms with E-state index in [9.17, 15) is 14.4 Å². The lowest BCUT2D eigenvalue weighted by atomic mass is 9.88. The summed E-state index contributed by atoms with van der Waals surface area (Å²) in [6, 6.07) is 0. The predicted molar refractivity (Wildman–Crippen MR) is 66.5 cm³/mol. The molecule has 0 atom stereocenters. The van der Waals surface area contributed by atoms with E-state index in [4.69, 9.17) is 20.4 Å². The van der Waals surface area contributed by atoms with E-state index in [1.807, 2.05) is 6.92 Å². The molecule has 0 aliphatic rings. The van der Waals surface area contributed by atoms with Crippen LogP contribution in [0.5, 0.6) is 0 Å². The van der Waals surface area contributed by atoms with Crippen molar-refractivity contribution < 1.29 is 34.8 Å². The molecule has 112 valence electrons. The number of aliphatic hydroxyl groups excluding tert-OH is 3. The Labute approximate surface area is 111 Å². The summed E-state index contributed by atoms with van der Waals surface area (Å²) in [4.78, 5) is 31.0. The summed E-state index contributed by atoms with van der Waals surface area (Å²) in [6.07, 6.45) is 0.594. The first kappa shape index (κ1) is 20.0. The van der Waals surface area contributed by atoms with E-state index in [1.165, 1.54) is 0 Å². The topological polar surface area (TPSA) is 132 Å². The summed E-state index contributed by atoms with van der Waals surface area (Å²) >= 11 is 0. The fourth-order valence-corrected chi connectivity index (χ4v) is 1.12. The normalized spacial score (nSPS) is 10.7. The largest absolute Gasteiger partial charge is 0.480 e. The number of ketones is 2. The maximum atomic E-state index is 10.4. The van der Waals surface area contributed by atoms with Crippen molar-refractivity contribution in [3.05, 3.63) is 0 Å². The molecule has 0 unspecified atom stereocenters. The Kier molecular flexibility index (Phi) is 10.1. The van der Waals surface area contributed by atoms with E-state index in [2.05, 4.69) is 0 Å². The SMILES string of the molecule is CC(=O)C(C(C)=O)C(=O)O.CCC(CO)(CO)CO. The molecule has 0 radical (unpaired) electrons. The maximum absolute atomic E-state index is 10.4. The molecule has 0 aromatic heterocycles. The van der Waals surface area contributed by atoms with Gasteiger partial charge in [0, 0.05) is 5.41 Å². The zero-order valence-corrected chi connectivity index (χ0v) is 11.4. The average molecular weight is 278 g/mol. The minimum absolute atomic E-state index is 0.156. The van der Waals surface area contributed by atoms with E-state index >= 15 is 0 Å². The molecule has 0 saturated carbocycles. The molecule has 0 aromatic rings. The van der Waals surface area contributed by atoms with Crippen molar-refractivity contribution in [3.8, 4) is 0 Å². The van der Waals surface area contributed by atoms with Crippen LogP contribution < -0.4 is 0 Å². The summed E-state index contributed by atoms with van der Waals surface area (Å²) in [6.45, 7) is 3.52. The first-order chi connectivity index (χ1) is 8.71. The second-order valence-electron chi connectivity index (χ2n) is 4.32. The number of hydrogen-bond acceptors (Lipinski definition) is 6. The number of carbonyl (C=O) groups is 3. The molecule has 4 N–H and O–H groups in total. The predicted octanol–water partition coefficient (Wildman–Crippen LogP) is -0.775. The molecule has 0 bridgehead atoms.